The summed E-state index contributed by atoms with van der Waals surface area (Å²) in [5.74, 6) is -0.840. The monoisotopic (exact) mass is 302 g/mol. The van der Waals surface area contributed by atoms with E-state index in [1.165, 1.54) is 0 Å². The smallest absolute Gasteiger partial charge is 0.239 e. The van der Waals surface area contributed by atoms with Crippen molar-refractivity contribution < 1.29 is 19.5 Å². The molecular formula is C16H18N2O4. The van der Waals surface area contributed by atoms with Crippen molar-refractivity contribution >= 4 is 17.5 Å². The first kappa shape index (κ1) is 16.1. The van der Waals surface area contributed by atoms with Crippen LogP contribution in [0, 0.1) is 0 Å². The molecule has 0 spiro atoms. The Hall–Kier alpha value is -2.31. The summed E-state index contributed by atoms with van der Waals surface area (Å²) < 4.78 is 0. The molecule has 6 nitrogen and oxygen atoms in total. The van der Waals surface area contributed by atoms with Crippen LogP contribution < -0.4 is 11.1 Å². The molecule has 0 saturated heterocycles. The van der Waals surface area contributed by atoms with Gasteiger partial charge in [-0.2, -0.15) is 0 Å². The summed E-state index contributed by atoms with van der Waals surface area (Å²) in [5.41, 5.74) is 7.00. The number of nitrogens with one attached hydrogen (secondary N) is 1. The summed E-state index contributed by atoms with van der Waals surface area (Å²) in [7, 11) is 0. The van der Waals surface area contributed by atoms with Crippen molar-refractivity contribution in [3.63, 3.8) is 0 Å². The van der Waals surface area contributed by atoms with Gasteiger partial charge in [-0.05, 0) is 13.3 Å². The van der Waals surface area contributed by atoms with Crippen molar-refractivity contribution in [2.24, 2.45) is 5.73 Å². The normalized spacial score (nSPS) is 15.6. The highest BCUT2D eigenvalue weighted by Crippen LogP contribution is 2.27. The quantitative estimate of drug-likeness (QED) is 0.720. The van der Waals surface area contributed by atoms with Crippen LogP contribution in [0.4, 0.5) is 0 Å². The molecule has 1 atom stereocenters. The lowest BCUT2D eigenvalue weighted by atomic mass is 9.83. The number of amides is 1. The summed E-state index contributed by atoms with van der Waals surface area (Å²) in [6.07, 6.45) is 0.245. The van der Waals surface area contributed by atoms with E-state index in [0.29, 0.717) is 22.3 Å². The molecule has 2 rings (SSSR count). The van der Waals surface area contributed by atoms with Crippen LogP contribution in [0.25, 0.3) is 0 Å². The molecule has 0 aromatic heterocycles. The predicted octanol–water partition coefficient (Wildman–Crippen LogP) is 0.208. The third-order valence-corrected chi connectivity index (χ3v) is 3.69. The van der Waals surface area contributed by atoms with Gasteiger partial charge in [0.2, 0.25) is 5.91 Å². The van der Waals surface area contributed by atoms with Gasteiger partial charge in [0.05, 0.1) is 6.61 Å². The van der Waals surface area contributed by atoms with Gasteiger partial charge in [0.25, 0.3) is 0 Å². The lowest BCUT2D eigenvalue weighted by Crippen LogP contribution is -2.43. The number of benzene rings is 1. The molecule has 0 radical (unpaired) electrons. The number of hydrogen-bond donors (Lipinski definition) is 3. The van der Waals surface area contributed by atoms with E-state index in [0.717, 1.165) is 0 Å². The highest BCUT2D eigenvalue weighted by Gasteiger charge is 2.29. The van der Waals surface area contributed by atoms with Crippen LogP contribution in [-0.2, 0) is 4.79 Å². The molecule has 1 amide bonds. The van der Waals surface area contributed by atoms with E-state index in [9.17, 15) is 14.4 Å². The Morgan fingerprint density at radius 1 is 1.23 bits per heavy atom. The second-order valence-corrected chi connectivity index (χ2v) is 5.14. The molecule has 0 heterocycles. The van der Waals surface area contributed by atoms with E-state index in [-0.39, 0.29) is 24.5 Å². The molecule has 1 aliphatic carbocycles. The van der Waals surface area contributed by atoms with E-state index in [1.54, 1.807) is 31.2 Å². The van der Waals surface area contributed by atoms with Gasteiger partial charge in [0.15, 0.2) is 11.6 Å². The third-order valence-electron chi connectivity index (χ3n) is 3.69. The van der Waals surface area contributed by atoms with Gasteiger partial charge >= 0.3 is 0 Å². The first-order valence-electron chi connectivity index (χ1n) is 6.99. The number of carbonyl (C=O) groups excluding carboxylic acids is 3. The Bertz CT molecular complexity index is 664. The minimum Gasteiger partial charge on any atom is -0.394 e. The Morgan fingerprint density at radius 2 is 1.82 bits per heavy atom. The van der Waals surface area contributed by atoms with E-state index >= 15 is 0 Å². The second-order valence-electron chi connectivity index (χ2n) is 5.14. The fourth-order valence-electron chi connectivity index (χ4n) is 2.38. The van der Waals surface area contributed by atoms with Crippen LogP contribution in [0.3, 0.4) is 0 Å². The van der Waals surface area contributed by atoms with Crippen molar-refractivity contribution in [3.8, 4) is 0 Å². The van der Waals surface area contributed by atoms with Crippen molar-refractivity contribution in [1.82, 2.24) is 5.32 Å². The zero-order chi connectivity index (χ0) is 16.3. The minimum atomic E-state index is -0.987. The van der Waals surface area contributed by atoms with Gasteiger partial charge in [-0.25, -0.2) is 0 Å². The number of carbonyl (C=O) groups is 3. The number of nitrogens with two attached hydrogens (primary N) is 1. The summed E-state index contributed by atoms with van der Waals surface area (Å²) in [4.78, 5) is 36.2. The van der Waals surface area contributed by atoms with Gasteiger partial charge < -0.3 is 16.2 Å². The number of rotatable bonds is 5. The zero-order valence-electron chi connectivity index (χ0n) is 12.3. The highest BCUT2D eigenvalue weighted by atomic mass is 16.3. The summed E-state index contributed by atoms with van der Waals surface area (Å²) >= 11 is 0. The van der Waals surface area contributed by atoms with Crippen molar-refractivity contribution in [2.45, 2.75) is 19.4 Å². The molecule has 116 valence electrons. The number of allylic oxidation sites excluding steroid dienone is 1. The fraction of sp³-hybridized carbons (Fsp3) is 0.312. The van der Waals surface area contributed by atoms with Crippen LogP contribution in [0.15, 0.2) is 35.4 Å². The third kappa shape index (κ3) is 2.98. The van der Waals surface area contributed by atoms with Crippen molar-refractivity contribution in [1.29, 1.82) is 0 Å². The summed E-state index contributed by atoms with van der Waals surface area (Å²) in [6.45, 7) is 1.35. The molecule has 6 heteroatoms. The standard InChI is InChI=1S/C16H18N2O4/c1-9-10(6-7-18-16(22)13(17)8-19)15(21)12-5-3-2-4-11(12)14(9)20/h2-5,13,19H,6-8,17H2,1H3,(H,18,22). The molecule has 22 heavy (non-hydrogen) atoms. The van der Waals surface area contributed by atoms with E-state index in [4.69, 9.17) is 10.8 Å². The van der Waals surface area contributed by atoms with Crippen LogP contribution in [-0.4, -0.2) is 41.8 Å². The lowest BCUT2D eigenvalue weighted by molar-refractivity contribution is -0.123. The van der Waals surface area contributed by atoms with Crippen LogP contribution in [0.5, 0.6) is 0 Å². The summed E-state index contributed by atoms with van der Waals surface area (Å²) in [5, 5.41) is 11.3. The Balaban J connectivity index is 2.12. The topological polar surface area (TPSA) is 109 Å². The molecule has 0 aliphatic heterocycles. The van der Waals surface area contributed by atoms with Crippen molar-refractivity contribution in [3.05, 3.63) is 46.5 Å². The maximum Gasteiger partial charge on any atom is 0.239 e. The van der Waals surface area contributed by atoms with Gasteiger partial charge in [-0.3, -0.25) is 14.4 Å². The van der Waals surface area contributed by atoms with E-state index in [1.807, 2.05) is 0 Å². The van der Waals surface area contributed by atoms with Crippen LogP contribution in [0.2, 0.25) is 0 Å². The van der Waals surface area contributed by atoms with Crippen molar-refractivity contribution in [2.75, 3.05) is 13.2 Å². The average Bonchev–Trinajstić information content (AvgIpc) is 2.54. The number of fused-ring (bicyclic) bond motifs is 1. The molecule has 4 N–H and O–H groups in total. The lowest BCUT2D eigenvalue weighted by Gasteiger charge is -2.19. The molecule has 1 aliphatic rings. The molecule has 1 aromatic rings. The number of hydrogen-bond acceptors (Lipinski definition) is 5. The molecule has 0 bridgehead atoms. The van der Waals surface area contributed by atoms with Gasteiger partial charge in [0.1, 0.15) is 6.04 Å². The number of aliphatic hydroxyl groups excluding tert-OH is 1. The SMILES string of the molecule is CC1=C(CCNC(=O)C(N)CO)C(=O)c2ccccc2C1=O. The number of Topliss-reactive ketones (excluding diaryl/α,β-unsaturated/α-hetero) is 2. The van der Waals surface area contributed by atoms with Crippen LogP contribution >= 0.6 is 0 Å². The number of aliphatic hydroxyl groups is 1. The molecule has 0 saturated carbocycles. The van der Waals surface area contributed by atoms with Gasteiger partial charge in [-0.15, -0.1) is 0 Å². The van der Waals surface area contributed by atoms with E-state index < -0.39 is 18.6 Å². The molecular weight excluding hydrogens is 284 g/mol. The minimum absolute atomic E-state index is 0.163. The van der Waals surface area contributed by atoms with Crippen LogP contribution in [0.1, 0.15) is 34.1 Å². The zero-order valence-corrected chi connectivity index (χ0v) is 12.3. The molecule has 1 aromatic carbocycles. The Labute approximate surface area is 128 Å². The largest absolute Gasteiger partial charge is 0.394 e. The highest BCUT2D eigenvalue weighted by molar-refractivity contribution is 6.26. The van der Waals surface area contributed by atoms with Gasteiger partial charge in [-0.1, -0.05) is 24.3 Å². The predicted molar refractivity (Wildman–Crippen MR) is 80.5 cm³/mol. The Morgan fingerprint density at radius 3 is 2.41 bits per heavy atom. The number of ketones is 2. The first-order valence-corrected chi connectivity index (χ1v) is 6.99. The Kier molecular flexibility index (Phi) is 4.85. The maximum absolute atomic E-state index is 12.5. The van der Waals surface area contributed by atoms with E-state index in [2.05, 4.69) is 5.32 Å². The molecule has 1 unspecified atom stereocenters. The van der Waals surface area contributed by atoms with Gasteiger partial charge in [0, 0.05) is 28.8 Å². The molecule has 0 fully saturated rings. The maximum atomic E-state index is 12.5. The average molecular weight is 302 g/mol. The fourth-order valence-corrected chi connectivity index (χ4v) is 2.38. The second kappa shape index (κ2) is 6.64. The first-order chi connectivity index (χ1) is 10.5. The summed E-state index contributed by atoms with van der Waals surface area (Å²) in [6, 6.07) is 5.71.